The summed E-state index contributed by atoms with van der Waals surface area (Å²) in [6.07, 6.45) is 5.48. The van der Waals surface area contributed by atoms with Gasteiger partial charge in [-0.05, 0) is 59.1 Å². The fraction of sp³-hybridized carbons (Fsp3) is 0.524. The van der Waals surface area contributed by atoms with Gasteiger partial charge in [-0.2, -0.15) is 0 Å². The molecule has 1 aliphatic heterocycles. The van der Waals surface area contributed by atoms with Crippen molar-refractivity contribution >= 4 is 23.3 Å². The van der Waals surface area contributed by atoms with E-state index in [0.29, 0.717) is 13.0 Å². The molecule has 3 heterocycles. The van der Waals surface area contributed by atoms with Gasteiger partial charge < -0.3 is 10.1 Å². The number of nitrogens with zero attached hydrogens (tertiary/aromatic N) is 3. The average Bonchev–Trinajstić information content (AvgIpc) is 3.18. The predicted molar refractivity (Wildman–Crippen MR) is 112 cm³/mol. The summed E-state index contributed by atoms with van der Waals surface area (Å²) in [6.45, 7) is 7.92. The number of hydrogen-bond donors (Lipinski definition) is 1. The van der Waals surface area contributed by atoms with Crippen LogP contribution < -0.4 is 5.32 Å². The van der Waals surface area contributed by atoms with E-state index in [9.17, 15) is 9.59 Å². The highest BCUT2D eigenvalue weighted by Gasteiger charge is 2.35. The molecule has 2 aromatic rings. The Morgan fingerprint density at radius 3 is 2.83 bits per heavy atom. The van der Waals surface area contributed by atoms with Gasteiger partial charge in [0.05, 0.1) is 11.7 Å². The summed E-state index contributed by atoms with van der Waals surface area (Å²) in [5, 5.41) is 5.80. The van der Waals surface area contributed by atoms with Crippen molar-refractivity contribution in [1.82, 2.24) is 20.2 Å². The highest BCUT2D eigenvalue weighted by atomic mass is 32.1. The summed E-state index contributed by atoms with van der Waals surface area (Å²) >= 11 is 1.50. The van der Waals surface area contributed by atoms with Crippen LogP contribution in [0, 0.1) is 0 Å². The number of aromatic nitrogens is 2. The summed E-state index contributed by atoms with van der Waals surface area (Å²) in [5.74, 6) is -0.166. The van der Waals surface area contributed by atoms with E-state index >= 15 is 0 Å². The largest absolute Gasteiger partial charge is 0.444 e. The van der Waals surface area contributed by atoms with E-state index in [-0.39, 0.29) is 11.9 Å². The number of likely N-dealkylation sites (tertiary alicyclic amines) is 1. The first-order valence-corrected chi connectivity index (χ1v) is 10.8. The lowest BCUT2D eigenvalue weighted by Gasteiger charge is -2.36. The molecule has 2 aromatic heterocycles. The summed E-state index contributed by atoms with van der Waals surface area (Å²) in [5.41, 5.74) is 1.19. The standard InChI is InChI=1S/C21H28N4O3S/c1-14(19-24-16(13-29-19)15-8-7-10-22-12-15)23-18(26)17-9-5-6-11-25(17)20(27)28-21(2,3)4/h7-8,10,12-14,17H,5-6,9,11H2,1-4H3,(H,23,26)/t14?,17-/m1/s1. The SMILES string of the molecule is CC(NC(=O)[C@H]1CCCCN1C(=O)OC(C)(C)C)c1nc(-c2cccnc2)cs1. The molecule has 1 aliphatic rings. The number of thiazole rings is 1. The van der Waals surface area contributed by atoms with E-state index in [4.69, 9.17) is 4.74 Å². The molecule has 0 radical (unpaired) electrons. The van der Waals surface area contributed by atoms with Crippen LogP contribution in [0.1, 0.15) is 58.0 Å². The minimum absolute atomic E-state index is 0.166. The van der Waals surface area contributed by atoms with Gasteiger partial charge in [-0.15, -0.1) is 11.3 Å². The summed E-state index contributed by atoms with van der Waals surface area (Å²) in [4.78, 5) is 35.8. The maximum absolute atomic E-state index is 12.9. The van der Waals surface area contributed by atoms with E-state index in [1.165, 1.54) is 11.3 Å². The van der Waals surface area contributed by atoms with Gasteiger partial charge in [0.1, 0.15) is 16.7 Å². The molecule has 0 bridgehead atoms. The number of carbonyl (C=O) groups is 2. The summed E-state index contributed by atoms with van der Waals surface area (Å²) in [7, 11) is 0. The third-order valence-corrected chi connectivity index (χ3v) is 5.67. The number of pyridine rings is 1. The molecule has 2 amide bonds. The van der Waals surface area contributed by atoms with E-state index in [1.807, 2.05) is 45.2 Å². The summed E-state index contributed by atoms with van der Waals surface area (Å²) in [6, 6.07) is 3.06. The fourth-order valence-corrected chi connectivity index (χ4v) is 4.08. The van der Waals surface area contributed by atoms with Crippen molar-refractivity contribution < 1.29 is 14.3 Å². The predicted octanol–water partition coefficient (Wildman–Crippen LogP) is 4.17. The van der Waals surface area contributed by atoms with Crippen LogP contribution in [0.15, 0.2) is 29.9 Å². The first kappa shape index (κ1) is 21.2. The van der Waals surface area contributed by atoms with Gasteiger partial charge in [-0.1, -0.05) is 0 Å². The minimum Gasteiger partial charge on any atom is -0.444 e. The third-order valence-electron chi connectivity index (χ3n) is 4.64. The molecule has 7 nitrogen and oxygen atoms in total. The number of rotatable bonds is 4. The van der Waals surface area contributed by atoms with Crippen molar-refractivity contribution in [3.8, 4) is 11.3 Å². The molecular weight excluding hydrogens is 388 g/mol. The molecule has 0 saturated carbocycles. The Labute approximate surface area is 175 Å². The van der Waals surface area contributed by atoms with Gasteiger partial charge in [0, 0.05) is 29.9 Å². The van der Waals surface area contributed by atoms with Crippen molar-refractivity contribution in [2.45, 2.75) is 64.6 Å². The Balaban J connectivity index is 1.66. The lowest BCUT2D eigenvalue weighted by atomic mass is 10.0. The van der Waals surface area contributed by atoms with Crippen LogP contribution in [0.4, 0.5) is 4.79 Å². The van der Waals surface area contributed by atoms with Crippen molar-refractivity contribution in [3.63, 3.8) is 0 Å². The van der Waals surface area contributed by atoms with Gasteiger partial charge in [0.2, 0.25) is 5.91 Å². The van der Waals surface area contributed by atoms with E-state index in [2.05, 4.69) is 15.3 Å². The Hall–Kier alpha value is -2.48. The molecule has 0 aliphatic carbocycles. The number of amides is 2. The van der Waals surface area contributed by atoms with Crippen LogP contribution in [-0.2, 0) is 9.53 Å². The molecule has 1 saturated heterocycles. The van der Waals surface area contributed by atoms with Gasteiger partial charge in [0.25, 0.3) is 0 Å². The molecule has 156 valence electrons. The lowest BCUT2D eigenvalue weighted by molar-refractivity contribution is -0.128. The summed E-state index contributed by atoms with van der Waals surface area (Å²) < 4.78 is 5.49. The first-order chi connectivity index (χ1) is 13.7. The highest BCUT2D eigenvalue weighted by Crippen LogP contribution is 2.26. The zero-order chi connectivity index (χ0) is 21.0. The second kappa shape index (κ2) is 8.90. The monoisotopic (exact) mass is 416 g/mol. The third kappa shape index (κ3) is 5.53. The molecule has 1 unspecified atom stereocenters. The average molecular weight is 417 g/mol. The number of ether oxygens (including phenoxy) is 1. The van der Waals surface area contributed by atoms with Gasteiger partial charge in [-0.25, -0.2) is 9.78 Å². The number of piperidine rings is 1. The number of nitrogens with one attached hydrogen (secondary N) is 1. The molecule has 29 heavy (non-hydrogen) atoms. The molecule has 1 fully saturated rings. The topological polar surface area (TPSA) is 84.4 Å². The smallest absolute Gasteiger partial charge is 0.410 e. The highest BCUT2D eigenvalue weighted by molar-refractivity contribution is 7.10. The van der Waals surface area contributed by atoms with E-state index < -0.39 is 17.7 Å². The molecule has 0 aromatic carbocycles. The second-order valence-electron chi connectivity index (χ2n) is 8.23. The van der Waals surface area contributed by atoms with Crippen LogP contribution in [0.25, 0.3) is 11.3 Å². The van der Waals surface area contributed by atoms with Crippen molar-refractivity contribution in [2.75, 3.05) is 6.54 Å². The first-order valence-electron chi connectivity index (χ1n) is 9.90. The normalized spacial score (nSPS) is 18.2. The Bertz CT molecular complexity index is 847. The van der Waals surface area contributed by atoms with Crippen LogP contribution >= 0.6 is 11.3 Å². The van der Waals surface area contributed by atoms with Crippen LogP contribution in [0.2, 0.25) is 0 Å². The Morgan fingerprint density at radius 1 is 1.34 bits per heavy atom. The van der Waals surface area contributed by atoms with Crippen LogP contribution in [0.3, 0.4) is 0 Å². The Morgan fingerprint density at radius 2 is 2.14 bits per heavy atom. The van der Waals surface area contributed by atoms with Gasteiger partial charge >= 0.3 is 6.09 Å². The minimum atomic E-state index is -0.591. The Kier molecular flexibility index (Phi) is 6.52. The zero-order valence-electron chi connectivity index (χ0n) is 17.3. The molecule has 8 heteroatoms. The molecule has 2 atom stereocenters. The molecule has 1 N–H and O–H groups in total. The fourth-order valence-electron chi connectivity index (χ4n) is 3.25. The van der Waals surface area contributed by atoms with Crippen molar-refractivity contribution in [3.05, 3.63) is 34.9 Å². The molecule has 0 spiro atoms. The quantitative estimate of drug-likeness (QED) is 0.808. The van der Waals surface area contributed by atoms with E-state index in [1.54, 1.807) is 17.3 Å². The van der Waals surface area contributed by atoms with Crippen molar-refractivity contribution in [2.24, 2.45) is 0 Å². The maximum Gasteiger partial charge on any atom is 0.410 e. The number of carbonyl (C=O) groups excluding carboxylic acids is 2. The zero-order valence-corrected chi connectivity index (χ0v) is 18.2. The maximum atomic E-state index is 12.9. The molecule has 3 rings (SSSR count). The van der Waals surface area contributed by atoms with Crippen LogP contribution in [0.5, 0.6) is 0 Å². The van der Waals surface area contributed by atoms with Gasteiger partial charge in [-0.3, -0.25) is 14.7 Å². The van der Waals surface area contributed by atoms with E-state index in [0.717, 1.165) is 29.1 Å². The van der Waals surface area contributed by atoms with Gasteiger partial charge in [0.15, 0.2) is 0 Å². The second-order valence-corrected chi connectivity index (χ2v) is 9.12. The number of hydrogen-bond acceptors (Lipinski definition) is 6. The van der Waals surface area contributed by atoms with Crippen LogP contribution in [-0.4, -0.2) is 45.1 Å². The lowest BCUT2D eigenvalue weighted by Crippen LogP contribution is -2.53. The van der Waals surface area contributed by atoms with Crippen molar-refractivity contribution in [1.29, 1.82) is 0 Å². The molecular formula is C21H28N4O3S.